The van der Waals surface area contributed by atoms with Gasteiger partial charge in [0.2, 0.25) is 0 Å². The summed E-state index contributed by atoms with van der Waals surface area (Å²) in [5, 5.41) is 12.4. The second kappa shape index (κ2) is 4.69. The Hall–Kier alpha value is -2.11. The van der Waals surface area contributed by atoms with Crippen LogP contribution < -0.4 is 4.90 Å². The summed E-state index contributed by atoms with van der Waals surface area (Å²) in [6.45, 7) is 1.89. The fourth-order valence-electron chi connectivity index (χ4n) is 3.54. The van der Waals surface area contributed by atoms with Crippen LogP contribution in [-0.4, -0.2) is 23.0 Å². The van der Waals surface area contributed by atoms with Crippen molar-refractivity contribution < 1.29 is 9.90 Å². The van der Waals surface area contributed by atoms with Crippen molar-refractivity contribution in [2.45, 2.75) is 12.5 Å². The lowest BCUT2D eigenvalue weighted by molar-refractivity contribution is -0.131. The first-order chi connectivity index (χ1) is 10.9. The molecule has 0 spiro atoms. The molecule has 0 aliphatic carbocycles. The van der Waals surface area contributed by atoms with E-state index in [1.165, 1.54) is 4.90 Å². The van der Waals surface area contributed by atoms with Gasteiger partial charge in [-0.3, -0.25) is 4.79 Å². The topological polar surface area (TPSA) is 56.3 Å². The van der Waals surface area contributed by atoms with E-state index in [9.17, 15) is 9.90 Å². The van der Waals surface area contributed by atoms with Gasteiger partial charge in [-0.15, -0.1) is 0 Å². The predicted molar refractivity (Wildman–Crippen MR) is 93.6 cm³/mol. The zero-order valence-corrected chi connectivity index (χ0v) is 14.3. The Bertz CT molecular complexity index is 963. The van der Waals surface area contributed by atoms with Gasteiger partial charge in [-0.05, 0) is 31.2 Å². The van der Waals surface area contributed by atoms with Crippen LogP contribution in [0.3, 0.4) is 0 Å². The Morgan fingerprint density at radius 2 is 1.96 bits per heavy atom. The highest BCUT2D eigenvalue weighted by Gasteiger charge is 2.51. The molecule has 0 unspecified atom stereocenters. The molecule has 1 aliphatic heterocycles. The van der Waals surface area contributed by atoms with Crippen LogP contribution in [0, 0.1) is 6.92 Å². The molecule has 0 saturated heterocycles. The van der Waals surface area contributed by atoms with Crippen LogP contribution in [0.1, 0.15) is 16.8 Å². The van der Waals surface area contributed by atoms with Crippen LogP contribution in [0.25, 0.3) is 10.9 Å². The van der Waals surface area contributed by atoms with E-state index in [0.29, 0.717) is 11.1 Å². The highest BCUT2D eigenvalue weighted by atomic mass is 79.9. The molecule has 4 nitrogen and oxygen atoms in total. The number of hydrogen-bond acceptors (Lipinski definition) is 2. The third-order valence-corrected chi connectivity index (χ3v) is 5.07. The Morgan fingerprint density at radius 1 is 1.22 bits per heavy atom. The number of halogens is 1. The number of H-pyrrole nitrogens is 1. The van der Waals surface area contributed by atoms with Gasteiger partial charge < -0.3 is 15.0 Å². The average Bonchev–Trinajstić information content (AvgIpc) is 2.96. The lowest BCUT2D eigenvalue weighted by atomic mass is 9.85. The molecule has 23 heavy (non-hydrogen) atoms. The average molecular weight is 371 g/mol. The molecule has 2 aromatic carbocycles. The van der Waals surface area contributed by atoms with Crippen molar-refractivity contribution in [3.05, 3.63) is 63.8 Å². The van der Waals surface area contributed by atoms with Gasteiger partial charge in [-0.2, -0.15) is 0 Å². The number of aromatic nitrogens is 1. The van der Waals surface area contributed by atoms with Gasteiger partial charge in [0.1, 0.15) is 0 Å². The monoisotopic (exact) mass is 370 g/mol. The van der Waals surface area contributed by atoms with Crippen molar-refractivity contribution in [2.24, 2.45) is 0 Å². The van der Waals surface area contributed by atoms with Crippen molar-refractivity contribution >= 4 is 38.4 Å². The van der Waals surface area contributed by atoms with E-state index in [4.69, 9.17) is 0 Å². The van der Waals surface area contributed by atoms with Crippen molar-refractivity contribution in [3.63, 3.8) is 0 Å². The van der Waals surface area contributed by atoms with Crippen molar-refractivity contribution in [2.75, 3.05) is 11.9 Å². The third-order valence-electron chi connectivity index (χ3n) is 4.58. The Balaban J connectivity index is 2.10. The van der Waals surface area contributed by atoms with Gasteiger partial charge in [0.15, 0.2) is 5.60 Å². The number of carbonyl (C=O) groups is 1. The summed E-state index contributed by atoms with van der Waals surface area (Å²) < 4.78 is 0.829. The van der Waals surface area contributed by atoms with E-state index >= 15 is 0 Å². The maximum absolute atomic E-state index is 12.9. The van der Waals surface area contributed by atoms with E-state index < -0.39 is 5.60 Å². The van der Waals surface area contributed by atoms with Crippen LogP contribution in [0.5, 0.6) is 0 Å². The minimum atomic E-state index is -1.68. The number of rotatable bonds is 1. The molecule has 1 aliphatic rings. The fourth-order valence-corrected chi connectivity index (χ4v) is 3.90. The molecule has 0 bridgehead atoms. The molecule has 1 aromatic heterocycles. The first-order valence-corrected chi connectivity index (χ1v) is 8.12. The van der Waals surface area contributed by atoms with Crippen LogP contribution in [0.2, 0.25) is 0 Å². The summed E-state index contributed by atoms with van der Waals surface area (Å²) >= 11 is 3.44. The number of carbonyl (C=O) groups excluding carboxylic acids is 1. The maximum Gasteiger partial charge on any atom is 0.268 e. The molecule has 1 amide bonds. The molecule has 2 heterocycles. The van der Waals surface area contributed by atoms with E-state index in [1.807, 2.05) is 49.4 Å². The second-order valence-electron chi connectivity index (χ2n) is 5.91. The fraction of sp³-hybridized carbons (Fsp3) is 0.167. The lowest BCUT2D eigenvalue weighted by Crippen LogP contribution is -2.39. The zero-order chi connectivity index (χ0) is 16.4. The Morgan fingerprint density at radius 3 is 2.74 bits per heavy atom. The Labute approximate surface area is 141 Å². The van der Waals surface area contributed by atoms with E-state index in [-0.39, 0.29) is 5.91 Å². The normalized spacial score (nSPS) is 20.3. The molecule has 1 atom stereocenters. The van der Waals surface area contributed by atoms with Gasteiger partial charge in [0, 0.05) is 39.2 Å². The molecule has 0 radical (unpaired) electrons. The number of anilines is 1. The summed E-state index contributed by atoms with van der Waals surface area (Å²) in [6, 6.07) is 13.2. The number of fused-ring (bicyclic) bond motifs is 2. The third kappa shape index (κ3) is 1.77. The number of likely N-dealkylation sites (N-methyl/N-ethyl adjacent to an activating group) is 1. The molecule has 3 aromatic rings. The number of hydrogen-bond donors (Lipinski definition) is 2. The minimum absolute atomic E-state index is 0.335. The minimum Gasteiger partial charge on any atom is -0.372 e. The SMILES string of the molecule is Cc1[nH]c2ccccc2c1[C@]1(O)C(=O)N(C)c2ccc(Br)cc21. The van der Waals surface area contributed by atoms with Crippen LogP contribution in [0.15, 0.2) is 46.9 Å². The molecular weight excluding hydrogens is 356 g/mol. The van der Waals surface area contributed by atoms with E-state index in [0.717, 1.165) is 26.8 Å². The van der Waals surface area contributed by atoms with Crippen molar-refractivity contribution in [1.29, 1.82) is 0 Å². The maximum atomic E-state index is 12.9. The smallest absolute Gasteiger partial charge is 0.268 e. The van der Waals surface area contributed by atoms with E-state index in [2.05, 4.69) is 20.9 Å². The Kier molecular flexibility index (Phi) is 2.95. The van der Waals surface area contributed by atoms with Gasteiger partial charge in [0.25, 0.3) is 5.91 Å². The standard InChI is InChI=1S/C18H15BrN2O2/c1-10-16(12-5-3-4-6-14(12)20-10)18(23)13-9-11(19)7-8-15(13)21(2)17(18)22/h3-9,20,23H,1-2H3/t18-/m0/s1. The summed E-state index contributed by atoms with van der Waals surface area (Å²) in [6.07, 6.45) is 0. The van der Waals surface area contributed by atoms with Gasteiger partial charge >= 0.3 is 0 Å². The summed E-state index contributed by atoms with van der Waals surface area (Å²) in [4.78, 5) is 17.7. The first-order valence-electron chi connectivity index (χ1n) is 7.33. The highest BCUT2D eigenvalue weighted by molar-refractivity contribution is 9.10. The largest absolute Gasteiger partial charge is 0.372 e. The molecule has 5 heteroatoms. The highest BCUT2D eigenvalue weighted by Crippen LogP contribution is 2.47. The number of nitrogens with one attached hydrogen (secondary N) is 1. The van der Waals surface area contributed by atoms with Crippen molar-refractivity contribution in [1.82, 2.24) is 4.98 Å². The quantitative estimate of drug-likeness (QED) is 0.689. The van der Waals surface area contributed by atoms with Crippen molar-refractivity contribution in [3.8, 4) is 0 Å². The molecule has 2 N–H and O–H groups in total. The summed E-state index contributed by atoms with van der Waals surface area (Å²) in [5.41, 5.74) is 1.98. The molecule has 0 saturated carbocycles. The molecular formula is C18H15BrN2O2. The van der Waals surface area contributed by atoms with E-state index in [1.54, 1.807) is 7.05 Å². The van der Waals surface area contributed by atoms with Crippen LogP contribution in [0.4, 0.5) is 5.69 Å². The second-order valence-corrected chi connectivity index (χ2v) is 6.82. The van der Waals surface area contributed by atoms with Gasteiger partial charge in [0.05, 0.1) is 5.69 Å². The number of para-hydroxylation sites is 1. The first kappa shape index (κ1) is 14.5. The lowest BCUT2D eigenvalue weighted by Gasteiger charge is -2.23. The van der Waals surface area contributed by atoms with Gasteiger partial charge in [-0.1, -0.05) is 34.1 Å². The number of aliphatic hydroxyl groups is 1. The number of benzene rings is 2. The number of nitrogens with zero attached hydrogens (tertiary/aromatic N) is 1. The predicted octanol–water partition coefficient (Wildman–Crippen LogP) is 3.45. The molecule has 116 valence electrons. The number of amides is 1. The molecule has 0 fully saturated rings. The number of aromatic amines is 1. The van der Waals surface area contributed by atoms with Gasteiger partial charge in [-0.25, -0.2) is 0 Å². The summed E-state index contributed by atoms with van der Waals surface area (Å²) in [7, 11) is 1.69. The molecule has 4 rings (SSSR count). The zero-order valence-electron chi connectivity index (χ0n) is 12.7. The summed E-state index contributed by atoms with van der Waals surface area (Å²) in [5.74, 6) is -0.335. The van der Waals surface area contributed by atoms with Crippen LogP contribution >= 0.6 is 15.9 Å². The number of aryl methyl sites for hydroxylation is 1. The van der Waals surface area contributed by atoms with Crippen LogP contribution in [-0.2, 0) is 10.4 Å².